The summed E-state index contributed by atoms with van der Waals surface area (Å²) in [5.41, 5.74) is 6.05. The number of hydrogen-bond donors (Lipinski definition) is 3. The van der Waals surface area contributed by atoms with Crippen LogP contribution >= 0.6 is 22.7 Å². The number of carbonyl (C=O) groups excluding carboxylic acids is 1. The third-order valence-corrected chi connectivity index (χ3v) is 7.82. The Kier molecular flexibility index (Phi) is 8.59. The zero-order valence-corrected chi connectivity index (χ0v) is 24.5. The van der Waals surface area contributed by atoms with Crippen molar-refractivity contribution in [1.82, 2.24) is 25.2 Å². The Bertz CT molecular complexity index is 1980. The Morgan fingerprint density at radius 1 is 1.00 bits per heavy atom. The normalized spacial score (nSPS) is 11.4. The fourth-order valence-electron chi connectivity index (χ4n) is 4.14. The third-order valence-electron chi connectivity index (χ3n) is 6.34. The summed E-state index contributed by atoms with van der Waals surface area (Å²) in [5, 5.41) is 24.7. The Labute approximate surface area is 258 Å². The van der Waals surface area contributed by atoms with Crippen LogP contribution in [-0.4, -0.2) is 30.9 Å². The van der Waals surface area contributed by atoms with Crippen molar-refractivity contribution in [2.75, 3.05) is 0 Å². The molecule has 6 aromatic rings. The average Bonchev–Trinajstić information content (AvgIpc) is 3.84. The van der Waals surface area contributed by atoms with Gasteiger partial charge in [0.1, 0.15) is 12.4 Å². The van der Waals surface area contributed by atoms with Gasteiger partial charge in [-0.15, -0.1) is 32.9 Å². The number of carbonyl (C=O) groups is 1. The van der Waals surface area contributed by atoms with Crippen LogP contribution in [0.25, 0.3) is 33.7 Å². The van der Waals surface area contributed by atoms with Gasteiger partial charge < -0.3 is 4.74 Å². The van der Waals surface area contributed by atoms with Gasteiger partial charge in [-0.05, 0) is 41.5 Å². The number of amides is 1. The zero-order chi connectivity index (χ0) is 30.3. The molecule has 3 aromatic heterocycles. The highest BCUT2D eigenvalue weighted by atomic mass is 32.1. The van der Waals surface area contributed by atoms with Crippen LogP contribution in [0.1, 0.15) is 11.1 Å². The van der Waals surface area contributed by atoms with Gasteiger partial charge in [-0.3, -0.25) is 19.9 Å². The molecule has 11 nitrogen and oxygen atoms in total. The summed E-state index contributed by atoms with van der Waals surface area (Å²) in [4.78, 5) is 33.4. The van der Waals surface area contributed by atoms with E-state index in [9.17, 15) is 9.59 Å². The zero-order valence-electron chi connectivity index (χ0n) is 22.8. The molecule has 13 heteroatoms. The number of rotatable bonds is 10. The van der Waals surface area contributed by atoms with Crippen LogP contribution in [0.4, 0.5) is 10.8 Å². The lowest BCUT2D eigenvalue weighted by molar-refractivity contribution is -0.124. The molecule has 0 aliphatic rings. The summed E-state index contributed by atoms with van der Waals surface area (Å²) < 4.78 is 7.31. The second kappa shape index (κ2) is 13.2. The van der Waals surface area contributed by atoms with Gasteiger partial charge in [0.2, 0.25) is 10.3 Å². The molecule has 0 bridgehead atoms. The number of benzene rings is 3. The van der Waals surface area contributed by atoms with E-state index in [0.29, 0.717) is 34.0 Å². The predicted octanol–water partition coefficient (Wildman–Crippen LogP) is 6.93. The Hall–Kier alpha value is -5.50. The number of thiazole rings is 2. The third kappa shape index (κ3) is 6.60. The van der Waals surface area contributed by atoms with Crippen molar-refractivity contribution in [2.24, 2.45) is 10.2 Å². The first-order valence-electron chi connectivity index (χ1n) is 13.2. The van der Waals surface area contributed by atoms with E-state index in [1.807, 2.05) is 84.2 Å². The van der Waals surface area contributed by atoms with Gasteiger partial charge in [0.25, 0.3) is 5.91 Å². The molecule has 0 aliphatic carbocycles. The lowest BCUT2D eigenvalue weighted by Gasteiger charge is -2.07. The number of nitrogens with one attached hydrogen (secondary N) is 2. The highest BCUT2D eigenvalue weighted by Crippen LogP contribution is 2.30. The van der Waals surface area contributed by atoms with Crippen LogP contribution in [0.2, 0.25) is 0 Å². The predicted molar refractivity (Wildman–Crippen MR) is 169 cm³/mol. The van der Waals surface area contributed by atoms with Crippen molar-refractivity contribution in [3.63, 3.8) is 0 Å². The summed E-state index contributed by atoms with van der Waals surface area (Å²) in [6.07, 6.45) is 4.47. The SMILES string of the molecule is O=C(/C=C/c1ccc(COc2ccc(-c3csc(-n4[nH]c(-c5ccccc5)c(N=Nc5nccs5)c4=O)n3)cc2)cc1)NO. The molecule has 0 saturated heterocycles. The van der Waals surface area contributed by atoms with Gasteiger partial charge in [-0.2, -0.15) is 4.68 Å². The summed E-state index contributed by atoms with van der Waals surface area (Å²) in [7, 11) is 0. The van der Waals surface area contributed by atoms with E-state index in [4.69, 9.17) is 14.9 Å². The number of ether oxygens (including phenoxy) is 1. The lowest BCUT2D eigenvalue weighted by atomic mass is 10.1. The van der Waals surface area contributed by atoms with E-state index < -0.39 is 5.91 Å². The summed E-state index contributed by atoms with van der Waals surface area (Å²) in [6.45, 7) is 0.364. The lowest BCUT2D eigenvalue weighted by Crippen LogP contribution is -2.14. The first-order chi connectivity index (χ1) is 21.6. The van der Waals surface area contributed by atoms with Crippen LogP contribution in [-0.2, 0) is 11.4 Å². The second-order valence-electron chi connectivity index (χ2n) is 9.24. The molecule has 3 aromatic carbocycles. The standard InChI is InChI=1S/C31H23N7O4S2/c39-26(37-41)15-10-20-6-8-21(9-7-20)18-42-24-13-11-22(12-14-24)25-19-44-31(33-25)38-29(40)28(34-35-30-32-16-17-43-30)27(36-38)23-4-2-1-3-5-23/h1-17,19,36,41H,18H2,(H,37,39)/b15-10+,35-34?. The highest BCUT2D eigenvalue weighted by Gasteiger charge is 2.19. The van der Waals surface area contributed by atoms with E-state index in [2.05, 4.69) is 20.3 Å². The highest BCUT2D eigenvalue weighted by molar-refractivity contribution is 7.13. The van der Waals surface area contributed by atoms with Crippen LogP contribution in [0.15, 0.2) is 117 Å². The molecule has 0 fully saturated rings. The number of azo groups is 1. The van der Waals surface area contributed by atoms with E-state index in [1.54, 1.807) is 23.1 Å². The smallest absolute Gasteiger partial charge is 0.301 e. The van der Waals surface area contributed by atoms with Gasteiger partial charge >= 0.3 is 5.56 Å². The van der Waals surface area contributed by atoms with Crippen LogP contribution in [0.3, 0.4) is 0 Å². The molecule has 0 saturated carbocycles. The van der Waals surface area contributed by atoms with Crippen molar-refractivity contribution in [1.29, 1.82) is 0 Å². The van der Waals surface area contributed by atoms with Crippen molar-refractivity contribution in [2.45, 2.75) is 6.61 Å². The van der Waals surface area contributed by atoms with Crippen molar-refractivity contribution >= 4 is 45.5 Å². The first kappa shape index (κ1) is 28.6. The Balaban J connectivity index is 1.17. The molecule has 0 radical (unpaired) electrons. The minimum absolute atomic E-state index is 0.171. The summed E-state index contributed by atoms with van der Waals surface area (Å²) >= 11 is 2.66. The fraction of sp³-hybridized carbons (Fsp3) is 0.0323. The van der Waals surface area contributed by atoms with E-state index in [-0.39, 0.29) is 11.2 Å². The molecular formula is C31H23N7O4S2. The van der Waals surface area contributed by atoms with Gasteiger partial charge in [0.05, 0.1) is 11.4 Å². The van der Waals surface area contributed by atoms with Crippen molar-refractivity contribution < 1.29 is 14.7 Å². The minimum Gasteiger partial charge on any atom is -0.489 e. The maximum absolute atomic E-state index is 13.5. The van der Waals surface area contributed by atoms with E-state index >= 15 is 0 Å². The summed E-state index contributed by atoms with van der Waals surface area (Å²) in [5.74, 6) is 0.0982. The number of hydrogen-bond acceptors (Lipinski definition) is 10. The first-order valence-corrected chi connectivity index (χ1v) is 15.0. The molecule has 0 spiro atoms. The molecule has 1 amide bonds. The molecule has 0 unspecified atom stereocenters. The number of H-pyrrole nitrogens is 1. The van der Waals surface area contributed by atoms with Gasteiger partial charge in [-0.1, -0.05) is 54.6 Å². The molecule has 3 heterocycles. The quantitative estimate of drug-likeness (QED) is 0.0654. The van der Waals surface area contributed by atoms with Crippen LogP contribution in [0.5, 0.6) is 5.75 Å². The molecule has 0 aliphatic heterocycles. The number of nitrogens with zero attached hydrogens (tertiary/aromatic N) is 5. The van der Waals surface area contributed by atoms with Crippen LogP contribution in [0, 0.1) is 0 Å². The number of aromatic nitrogens is 4. The Morgan fingerprint density at radius 2 is 1.80 bits per heavy atom. The number of hydroxylamine groups is 1. The van der Waals surface area contributed by atoms with Crippen molar-refractivity contribution in [3.8, 4) is 33.4 Å². The molecular weight excluding hydrogens is 599 g/mol. The monoisotopic (exact) mass is 621 g/mol. The topological polar surface area (TPSA) is 147 Å². The summed E-state index contributed by atoms with van der Waals surface area (Å²) in [6, 6.07) is 24.5. The fourth-order valence-corrected chi connectivity index (χ4v) is 5.39. The average molecular weight is 622 g/mol. The Morgan fingerprint density at radius 3 is 2.52 bits per heavy atom. The minimum atomic E-state index is -0.593. The maximum Gasteiger partial charge on any atom is 0.301 e. The molecule has 218 valence electrons. The molecule has 0 atom stereocenters. The van der Waals surface area contributed by atoms with Crippen LogP contribution < -0.4 is 15.8 Å². The number of aromatic amines is 1. The molecule has 44 heavy (non-hydrogen) atoms. The van der Waals surface area contributed by atoms with Crippen molar-refractivity contribution in [3.05, 3.63) is 123 Å². The van der Waals surface area contributed by atoms with Gasteiger partial charge in [0.15, 0.2) is 5.69 Å². The van der Waals surface area contributed by atoms with Gasteiger partial charge in [-0.25, -0.2) is 15.4 Å². The molecule has 3 N–H and O–H groups in total. The van der Waals surface area contributed by atoms with Gasteiger partial charge in [0, 0.05) is 34.2 Å². The second-order valence-corrected chi connectivity index (χ2v) is 10.9. The van der Waals surface area contributed by atoms with E-state index in [0.717, 1.165) is 22.3 Å². The molecule has 6 rings (SSSR count). The largest absolute Gasteiger partial charge is 0.489 e. The van der Waals surface area contributed by atoms with E-state index in [1.165, 1.54) is 33.4 Å². The maximum atomic E-state index is 13.5.